The lowest BCUT2D eigenvalue weighted by atomic mass is 10.1. The largest absolute Gasteiger partial charge is 0.454 e. The van der Waals surface area contributed by atoms with E-state index in [1.165, 1.54) is 18.3 Å². The highest BCUT2D eigenvalue weighted by atomic mass is 32.2. The fraction of sp³-hybridized carbons (Fsp3) is 0.105. The molecule has 0 spiro atoms. The smallest absolute Gasteiger partial charge is 0.416 e. The molecule has 29 heavy (non-hydrogen) atoms. The Bertz CT molecular complexity index is 1420. The number of alkyl halides is 3. The number of furan rings is 1. The lowest BCUT2D eigenvalue weighted by Crippen LogP contribution is -2.08. The van der Waals surface area contributed by atoms with Crippen LogP contribution < -0.4 is 10.7 Å². The van der Waals surface area contributed by atoms with E-state index in [1.54, 1.807) is 12.1 Å². The zero-order chi connectivity index (χ0) is 21.0. The van der Waals surface area contributed by atoms with Crippen molar-refractivity contribution in [1.29, 1.82) is 0 Å². The minimum absolute atomic E-state index is 0.0505. The molecule has 0 radical (unpaired) electrons. The molecule has 150 valence electrons. The lowest BCUT2D eigenvalue weighted by molar-refractivity contribution is -0.137. The van der Waals surface area contributed by atoms with Crippen LogP contribution in [0.5, 0.6) is 0 Å². The summed E-state index contributed by atoms with van der Waals surface area (Å²) in [6.45, 7) is 0. The number of fused-ring (bicyclic) bond motifs is 3. The summed E-state index contributed by atoms with van der Waals surface area (Å²) in [6.07, 6.45) is -2.37. The van der Waals surface area contributed by atoms with E-state index in [-0.39, 0.29) is 11.1 Å². The highest BCUT2D eigenvalue weighted by Crippen LogP contribution is 2.34. The summed E-state index contributed by atoms with van der Waals surface area (Å²) in [5.74, 6) is 0.310. The summed E-state index contributed by atoms with van der Waals surface area (Å²) in [5, 5.41) is 4.06. The highest BCUT2D eigenvalue weighted by molar-refractivity contribution is 7.90. The number of benzene rings is 2. The molecule has 2 aromatic carbocycles. The summed E-state index contributed by atoms with van der Waals surface area (Å²) in [4.78, 5) is 13.9. The number of nitrogens with one attached hydrogen (secondary N) is 2. The van der Waals surface area contributed by atoms with Crippen molar-refractivity contribution in [3.05, 3.63) is 64.4 Å². The third kappa shape index (κ3) is 3.70. The van der Waals surface area contributed by atoms with Crippen molar-refractivity contribution in [3.8, 4) is 0 Å². The van der Waals surface area contributed by atoms with Crippen LogP contribution in [0.15, 0.2) is 62.8 Å². The van der Waals surface area contributed by atoms with Crippen molar-refractivity contribution in [1.82, 2.24) is 4.98 Å². The monoisotopic (exact) mass is 422 g/mol. The molecule has 4 aromatic rings. The molecule has 0 unspecified atom stereocenters. The molecule has 0 bridgehead atoms. The van der Waals surface area contributed by atoms with Gasteiger partial charge in [-0.05, 0) is 36.4 Å². The lowest BCUT2D eigenvalue weighted by Gasteiger charge is -2.13. The minimum atomic E-state index is -4.71. The van der Waals surface area contributed by atoms with Crippen LogP contribution in [0, 0.1) is 0 Å². The van der Waals surface area contributed by atoms with E-state index in [2.05, 4.69) is 10.3 Å². The molecule has 2 aromatic heterocycles. The fourth-order valence-electron chi connectivity index (χ4n) is 2.98. The van der Waals surface area contributed by atoms with E-state index in [9.17, 15) is 26.4 Å². The standard InChI is InChI=1S/C19H13F3N2O4S/c1-29(26,27)13-5-10(19(20,21)22)4-11(6-13)24-18-8-15-14-3-2-12(25)7-16(14)28-17(15)9-23-18/h2-9,23-24H,1H3. The third-order valence-corrected chi connectivity index (χ3v) is 5.41. The average molecular weight is 422 g/mol. The third-order valence-electron chi connectivity index (χ3n) is 4.32. The van der Waals surface area contributed by atoms with E-state index in [0.29, 0.717) is 33.8 Å². The second-order valence-electron chi connectivity index (χ2n) is 6.53. The first kappa shape index (κ1) is 19.1. The van der Waals surface area contributed by atoms with E-state index in [4.69, 9.17) is 4.42 Å². The van der Waals surface area contributed by atoms with Crippen LogP contribution >= 0.6 is 0 Å². The topological polar surface area (TPSA) is 92.2 Å². The predicted octanol–water partition coefficient (Wildman–Crippen LogP) is 4.44. The van der Waals surface area contributed by atoms with Crippen LogP contribution in [0.2, 0.25) is 0 Å². The SMILES string of the molecule is CS(=O)(=O)c1cc(Nc2cc3c(c[nH]2)oc2cc(=O)ccc23)cc(C(F)(F)F)c1. The minimum Gasteiger partial charge on any atom is -0.454 e. The second kappa shape index (κ2) is 6.38. The van der Waals surface area contributed by atoms with E-state index in [1.807, 2.05) is 0 Å². The summed E-state index contributed by atoms with van der Waals surface area (Å²) in [6, 6.07) is 8.46. The van der Waals surface area contributed by atoms with E-state index >= 15 is 0 Å². The summed E-state index contributed by atoms with van der Waals surface area (Å²) < 4.78 is 68.7. The number of rotatable bonds is 3. The number of aromatic nitrogens is 1. The molecule has 0 saturated carbocycles. The second-order valence-corrected chi connectivity index (χ2v) is 8.54. The van der Waals surface area contributed by atoms with Gasteiger partial charge >= 0.3 is 6.18 Å². The van der Waals surface area contributed by atoms with Gasteiger partial charge in [-0.3, -0.25) is 4.79 Å². The fourth-order valence-corrected chi connectivity index (χ4v) is 3.66. The van der Waals surface area contributed by atoms with Crippen LogP contribution in [-0.4, -0.2) is 19.7 Å². The maximum Gasteiger partial charge on any atom is 0.416 e. The van der Waals surface area contributed by atoms with Gasteiger partial charge in [-0.2, -0.15) is 13.2 Å². The number of hydrogen-bond donors (Lipinski definition) is 2. The molecule has 0 saturated heterocycles. The van der Waals surface area contributed by atoms with Crippen LogP contribution in [-0.2, 0) is 16.0 Å². The first-order chi connectivity index (χ1) is 13.5. The van der Waals surface area contributed by atoms with Gasteiger partial charge in [0, 0.05) is 35.0 Å². The number of hydrogen-bond acceptors (Lipinski definition) is 5. The Balaban J connectivity index is 1.81. The van der Waals surface area contributed by atoms with Crippen LogP contribution in [0.3, 0.4) is 0 Å². The van der Waals surface area contributed by atoms with Gasteiger partial charge in [-0.1, -0.05) is 0 Å². The van der Waals surface area contributed by atoms with Crippen molar-refractivity contribution in [2.45, 2.75) is 11.1 Å². The van der Waals surface area contributed by atoms with Gasteiger partial charge in [0.15, 0.2) is 20.8 Å². The van der Waals surface area contributed by atoms with Crippen LogP contribution in [0.1, 0.15) is 5.56 Å². The Morgan fingerprint density at radius 2 is 1.76 bits per heavy atom. The Kier molecular flexibility index (Phi) is 4.19. The van der Waals surface area contributed by atoms with Gasteiger partial charge in [0.1, 0.15) is 11.4 Å². The number of pyridine rings is 1. The maximum absolute atomic E-state index is 13.2. The van der Waals surface area contributed by atoms with E-state index in [0.717, 1.165) is 18.4 Å². The molecular formula is C19H13F3N2O4S. The van der Waals surface area contributed by atoms with Gasteiger partial charge in [0.25, 0.3) is 0 Å². The van der Waals surface area contributed by atoms with Crippen LogP contribution in [0.4, 0.5) is 24.7 Å². The quantitative estimate of drug-likeness (QED) is 0.509. The zero-order valence-electron chi connectivity index (χ0n) is 14.8. The Labute approximate surface area is 161 Å². The number of aromatic amines is 1. The highest BCUT2D eigenvalue weighted by Gasteiger charge is 2.32. The number of sulfone groups is 1. The number of H-pyrrole nitrogens is 1. The maximum atomic E-state index is 13.2. The molecular weight excluding hydrogens is 409 g/mol. The van der Waals surface area contributed by atoms with Crippen molar-refractivity contribution in [2.75, 3.05) is 11.6 Å². The van der Waals surface area contributed by atoms with Crippen LogP contribution in [0.25, 0.3) is 21.9 Å². The van der Waals surface area contributed by atoms with Gasteiger partial charge in [0.2, 0.25) is 0 Å². The molecule has 2 N–H and O–H groups in total. The molecule has 6 nitrogen and oxygen atoms in total. The molecule has 0 aliphatic heterocycles. The Morgan fingerprint density at radius 3 is 2.45 bits per heavy atom. The zero-order valence-corrected chi connectivity index (χ0v) is 15.6. The Hall–Kier alpha value is -3.27. The molecule has 0 atom stereocenters. The van der Waals surface area contributed by atoms with Crippen molar-refractivity contribution < 1.29 is 26.0 Å². The number of halogens is 3. The van der Waals surface area contributed by atoms with E-state index < -0.39 is 26.5 Å². The van der Waals surface area contributed by atoms with Crippen molar-refractivity contribution in [3.63, 3.8) is 0 Å². The molecule has 0 amide bonds. The first-order valence-electron chi connectivity index (χ1n) is 8.25. The average Bonchev–Trinajstić information content (AvgIpc) is 2.96. The Morgan fingerprint density at radius 1 is 1.00 bits per heavy atom. The molecule has 0 aliphatic carbocycles. The van der Waals surface area contributed by atoms with Gasteiger partial charge in [0.05, 0.1) is 10.5 Å². The van der Waals surface area contributed by atoms with Gasteiger partial charge < -0.3 is 14.7 Å². The van der Waals surface area contributed by atoms with Crippen molar-refractivity contribution >= 4 is 43.3 Å². The summed E-state index contributed by atoms with van der Waals surface area (Å²) in [7, 11) is -3.85. The first-order valence-corrected chi connectivity index (χ1v) is 10.1. The molecule has 0 fully saturated rings. The van der Waals surface area contributed by atoms with Gasteiger partial charge in [-0.15, -0.1) is 0 Å². The molecule has 0 aliphatic rings. The number of anilines is 2. The predicted molar refractivity (Wildman–Crippen MR) is 102 cm³/mol. The normalized spacial score (nSPS) is 12.6. The summed E-state index contributed by atoms with van der Waals surface area (Å²) >= 11 is 0. The van der Waals surface area contributed by atoms with Gasteiger partial charge in [-0.25, -0.2) is 8.42 Å². The summed E-state index contributed by atoms with van der Waals surface area (Å²) in [5.41, 5.74) is -0.504. The molecule has 10 heteroatoms. The van der Waals surface area contributed by atoms with Crippen molar-refractivity contribution in [2.24, 2.45) is 0 Å². The molecule has 4 rings (SSSR count). The molecule has 2 heterocycles.